The van der Waals surface area contributed by atoms with Crippen LogP contribution in [0.3, 0.4) is 0 Å². The van der Waals surface area contributed by atoms with Crippen LogP contribution in [0.25, 0.3) is 0 Å². The minimum absolute atomic E-state index is 0.0458. The zero-order valence-electron chi connectivity index (χ0n) is 11.7. The van der Waals surface area contributed by atoms with Crippen LogP contribution in [0.5, 0.6) is 0 Å². The first-order valence-corrected chi connectivity index (χ1v) is 7.09. The van der Waals surface area contributed by atoms with Crippen molar-refractivity contribution in [1.82, 2.24) is 10.2 Å². The Morgan fingerprint density at radius 2 is 2.29 bits per heavy atom. The van der Waals surface area contributed by atoms with Crippen LogP contribution in [0.15, 0.2) is 18.2 Å². The van der Waals surface area contributed by atoms with E-state index in [0.717, 1.165) is 5.56 Å². The van der Waals surface area contributed by atoms with Crippen LogP contribution in [0.2, 0.25) is 5.02 Å². The third-order valence-electron chi connectivity index (χ3n) is 3.44. The number of aryl methyl sites for hydroxylation is 1. The van der Waals surface area contributed by atoms with E-state index in [1.165, 1.54) is 0 Å². The number of piperazine rings is 1. The number of anilines is 1. The predicted octanol–water partition coefficient (Wildman–Crippen LogP) is 0.945. The van der Waals surface area contributed by atoms with E-state index in [2.05, 4.69) is 10.6 Å². The lowest BCUT2D eigenvalue weighted by Gasteiger charge is -2.32. The summed E-state index contributed by atoms with van der Waals surface area (Å²) in [5.41, 5.74) is 1.54. The van der Waals surface area contributed by atoms with Crippen molar-refractivity contribution in [3.8, 4) is 0 Å². The van der Waals surface area contributed by atoms with Gasteiger partial charge in [-0.15, -0.1) is 0 Å². The summed E-state index contributed by atoms with van der Waals surface area (Å²) in [5, 5.41) is 15.5. The molecule has 7 heteroatoms. The monoisotopic (exact) mass is 311 g/mol. The predicted molar refractivity (Wildman–Crippen MR) is 80.7 cm³/mol. The van der Waals surface area contributed by atoms with Crippen molar-refractivity contribution < 1.29 is 14.7 Å². The first kappa shape index (κ1) is 15.8. The van der Waals surface area contributed by atoms with Gasteiger partial charge in [0.1, 0.15) is 6.04 Å². The number of rotatable bonds is 4. The molecule has 1 heterocycles. The number of carboxylic acids is 1. The molecular formula is C14H18ClN3O3. The Morgan fingerprint density at radius 1 is 1.52 bits per heavy atom. The summed E-state index contributed by atoms with van der Waals surface area (Å²) in [6.45, 7) is 3.47. The molecule has 0 radical (unpaired) electrons. The number of carboxylic acid groups (broad SMARTS) is 1. The van der Waals surface area contributed by atoms with Crippen molar-refractivity contribution in [2.75, 3.05) is 31.5 Å². The van der Waals surface area contributed by atoms with E-state index in [1.54, 1.807) is 17.0 Å². The van der Waals surface area contributed by atoms with E-state index in [9.17, 15) is 9.59 Å². The Hall–Kier alpha value is -1.63. The molecule has 6 nitrogen and oxygen atoms in total. The van der Waals surface area contributed by atoms with Crippen LogP contribution in [-0.4, -0.2) is 54.1 Å². The van der Waals surface area contributed by atoms with Gasteiger partial charge >= 0.3 is 5.97 Å². The SMILES string of the molecule is Cc1ccc(NC(=O)CN2CCNCC2C(=O)O)cc1Cl. The van der Waals surface area contributed by atoms with Gasteiger partial charge in [-0.2, -0.15) is 0 Å². The molecule has 1 aromatic carbocycles. The number of halogens is 1. The summed E-state index contributed by atoms with van der Waals surface area (Å²) < 4.78 is 0. The fourth-order valence-corrected chi connectivity index (χ4v) is 2.42. The van der Waals surface area contributed by atoms with Crippen molar-refractivity contribution in [1.29, 1.82) is 0 Å². The number of carbonyl (C=O) groups excluding carboxylic acids is 1. The quantitative estimate of drug-likeness (QED) is 0.771. The Morgan fingerprint density at radius 3 is 2.95 bits per heavy atom. The second-order valence-electron chi connectivity index (χ2n) is 5.04. The minimum Gasteiger partial charge on any atom is -0.480 e. The van der Waals surface area contributed by atoms with Crippen LogP contribution < -0.4 is 10.6 Å². The van der Waals surface area contributed by atoms with Crippen molar-refractivity contribution in [3.05, 3.63) is 28.8 Å². The maximum Gasteiger partial charge on any atom is 0.322 e. The maximum atomic E-state index is 12.0. The molecule has 1 unspecified atom stereocenters. The van der Waals surface area contributed by atoms with E-state index < -0.39 is 12.0 Å². The van der Waals surface area contributed by atoms with Crippen LogP contribution in [-0.2, 0) is 9.59 Å². The van der Waals surface area contributed by atoms with Gasteiger partial charge in [-0.05, 0) is 24.6 Å². The highest BCUT2D eigenvalue weighted by molar-refractivity contribution is 6.31. The number of benzene rings is 1. The summed E-state index contributed by atoms with van der Waals surface area (Å²) in [6.07, 6.45) is 0. The molecule has 1 fully saturated rings. The number of amides is 1. The summed E-state index contributed by atoms with van der Waals surface area (Å²) in [4.78, 5) is 24.8. The number of carbonyl (C=O) groups is 2. The lowest BCUT2D eigenvalue weighted by atomic mass is 10.2. The molecule has 3 N–H and O–H groups in total. The van der Waals surface area contributed by atoms with Crippen molar-refractivity contribution in [2.24, 2.45) is 0 Å². The molecule has 1 saturated heterocycles. The van der Waals surface area contributed by atoms with Gasteiger partial charge in [0.25, 0.3) is 0 Å². The van der Waals surface area contributed by atoms with Crippen molar-refractivity contribution in [2.45, 2.75) is 13.0 Å². The number of nitrogens with zero attached hydrogens (tertiary/aromatic N) is 1. The zero-order chi connectivity index (χ0) is 15.4. The molecule has 21 heavy (non-hydrogen) atoms. The van der Waals surface area contributed by atoms with Crippen LogP contribution in [0.4, 0.5) is 5.69 Å². The summed E-state index contributed by atoms with van der Waals surface area (Å²) in [6, 6.07) is 4.60. The number of nitrogens with one attached hydrogen (secondary N) is 2. The lowest BCUT2D eigenvalue weighted by molar-refractivity contribution is -0.144. The molecule has 1 aliphatic rings. The average molecular weight is 312 g/mol. The average Bonchev–Trinajstić information content (AvgIpc) is 2.43. The normalized spacial score (nSPS) is 19.2. The van der Waals surface area contributed by atoms with Gasteiger partial charge in [-0.1, -0.05) is 17.7 Å². The molecule has 0 aromatic heterocycles. The maximum absolute atomic E-state index is 12.0. The molecule has 114 valence electrons. The number of aliphatic carboxylic acids is 1. The van der Waals surface area contributed by atoms with Gasteiger partial charge in [0, 0.05) is 30.3 Å². The zero-order valence-corrected chi connectivity index (χ0v) is 12.5. The van der Waals surface area contributed by atoms with Crippen LogP contribution in [0.1, 0.15) is 5.56 Å². The van der Waals surface area contributed by atoms with Crippen molar-refractivity contribution >= 4 is 29.2 Å². The highest BCUT2D eigenvalue weighted by atomic mass is 35.5. The highest BCUT2D eigenvalue weighted by Gasteiger charge is 2.29. The first-order valence-electron chi connectivity index (χ1n) is 6.71. The van der Waals surface area contributed by atoms with E-state index in [0.29, 0.717) is 30.3 Å². The third kappa shape index (κ3) is 4.17. The van der Waals surface area contributed by atoms with Gasteiger partial charge in [0.2, 0.25) is 5.91 Å². The second-order valence-corrected chi connectivity index (χ2v) is 5.45. The van der Waals surface area contributed by atoms with E-state index in [4.69, 9.17) is 16.7 Å². The first-order chi connectivity index (χ1) is 9.97. The van der Waals surface area contributed by atoms with E-state index >= 15 is 0 Å². The molecule has 2 rings (SSSR count). The molecule has 0 aliphatic carbocycles. The van der Waals surface area contributed by atoms with Gasteiger partial charge in [0.05, 0.1) is 6.54 Å². The molecule has 1 aliphatic heterocycles. The van der Waals surface area contributed by atoms with Gasteiger partial charge < -0.3 is 15.7 Å². The highest BCUT2D eigenvalue weighted by Crippen LogP contribution is 2.20. The summed E-state index contributed by atoms with van der Waals surface area (Å²) in [7, 11) is 0. The molecule has 0 spiro atoms. The Balaban J connectivity index is 1.97. The summed E-state index contributed by atoms with van der Waals surface area (Å²) >= 11 is 6.01. The molecule has 1 amide bonds. The summed E-state index contributed by atoms with van der Waals surface area (Å²) in [5.74, 6) is -1.17. The Bertz CT molecular complexity index is 550. The van der Waals surface area contributed by atoms with Gasteiger partial charge in [-0.25, -0.2) is 0 Å². The number of hydrogen-bond acceptors (Lipinski definition) is 4. The largest absolute Gasteiger partial charge is 0.480 e. The Kier molecular flexibility index (Phi) is 5.17. The topological polar surface area (TPSA) is 81.7 Å². The molecule has 0 bridgehead atoms. The fourth-order valence-electron chi connectivity index (χ4n) is 2.23. The molecule has 1 aromatic rings. The van der Waals surface area contributed by atoms with Crippen LogP contribution >= 0.6 is 11.6 Å². The second kappa shape index (κ2) is 6.89. The minimum atomic E-state index is -0.923. The van der Waals surface area contributed by atoms with E-state index in [-0.39, 0.29) is 12.5 Å². The molecular weight excluding hydrogens is 294 g/mol. The van der Waals surface area contributed by atoms with Crippen molar-refractivity contribution in [3.63, 3.8) is 0 Å². The smallest absolute Gasteiger partial charge is 0.322 e. The van der Waals surface area contributed by atoms with E-state index in [1.807, 2.05) is 13.0 Å². The standard InChI is InChI=1S/C14H18ClN3O3/c1-9-2-3-10(6-11(9)15)17-13(19)8-18-5-4-16-7-12(18)14(20)21/h2-3,6,12,16H,4-5,7-8H2,1H3,(H,17,19)(H,20,21). The lowest BCUT2D eigenvalue weighted by Crippen LogP contribution is -2.56. The van der Waals surface area contributed by atoms with Crippen LogP contribution in [0, 0.1) is 6.92 Å². The van der Waals surface area contributed by atoms with Gasteiger partial charge in [-0.3, -0.25) is 14.5 Å². The molecule has 1 atom stereocenters. The third-order valence-corrected chi connectivity index (χ3v) is 3.85. The fraction of sp³-hybridized carbons (Fsp3) is 0.429. The Labute approximate surface area is 128 Å². The number of hydrogen-bond donors (Lipinski definition) is 3. The van der Waals surface area contributed by atoms with Gasteiger partial charge in [0.15, 0.2) is 0 Å². The molecule has 0 saturated carbocycles.